The van der Waals surface area contributed by atoms with Gasteiger partial charge < -0.3 is 5.21 Å². The Hall–Kier alpha value is -2.83. The van der Waals surface area contributed by atoms with E-state index in [1.165, 1.54) is 6.07 Å². The van der Waals surface area contributed by atoms with Crippen LogP contribution >= 0.6 is 0 Å². The summed E-state index contributed by atoms with van der Waals surface area (Å²) in [5.41, 5.74) is 1.82. The summed E-state index contributed by atoms with van der Waals surface area (Å²) >= 11 is 0. The number of benzene rings is 2. The van der Waals surface area contributed by atoms with Gasteiger partial charge in [0.25, 0.3) is 5.91 Å². The zero-order valence-corrected chi connectivity index (χ0v) is 13.4. The number of anilines is 1. The Labute approximate surface area is 142 Å². The number of hydrogen-bond acceptors (Lipinski definition) is 2. The number of halogens is 3. The molecule has 0 N–H and O–H groups in total. The highest BCUT2D eigenvalue weighted by molar-refractivity contribution is 6.17. The molecule has 0 atom stereocenters. The number of fused-ring (bicyclic) bond motifs is 1. The summed E-state index contributed by atoms with van der Waals surface area (Å²) in [6.45, 7) is -0.399. The number of hydrogen-bond donors (Lipinski definition) is 0. The van der Waals surface area contributed by atoms with Gasteiger partial charge in [0, 0.05) is 5.56 Å². The number of amides is 1. The summed E-state index contributed by atoms with van der Waals surface area (Å²) in [5, 5.41) is 12.6. The first-order chi connectivity index (χ1) is 11.8. The van der Waals surface area contributed by atoms with E-state index in [1.807, 2.05) is 0 Å². The van der Waals surface area contributed by atoms with E-state index in [-0.39, 0.29) is 11.4 Å². The smallest absolute Gasteiger partial charge is 0.406 e. The number of aryl methyl sites for hydroxylation is 1. The molecule has 1 aliphatic rings. The molecule has 0 spiro atoms. The van der Waals surface area contributed by atoms with Crippen LogP contribution in [0.2, 0.25) is 0 Å². The average molecular weight is 348 g/mol. The maximum absolute atomic E-state index is 13.0. The van der Waals surface area contributed by atoms with Crippen LogP contribution < -0.4 is 4.90 Å². The van der Waals surface area contributed by atoms with Crippen molar-refractivity contribution in [2.75, 3.05) is 18.0 Å². The van der Waals surface area contributed by atoms with Crippen LogP contribution in [0.5, 0.6) is 0 Å². The Kier molecular flexibility index (Phi) is 4.24. The summed E-state index contributed by atoms with van der Waals surface area (Å²) in [4.78, 5) is 13.0. The summed E-state index contributed by atoms with van der Waals surface area (Å²) in [6.07, 6.45) is -4.57. The third kappa shape index (κ3) is 3.35. The maximum Gasteiger partial charge on any atom is 0.406 e. The van der Waals surface area contributed by atoms with Gasteiger partial charge in [-0.25, -0.2) is 0 Å². The summed E-state index contributed by atoms with van der Waals surface area (Å²) < 4.78 is 39.4. The van der Waals surface area contributed by atoms with Crippen molar-refractivity contribution < 1.29 is 22.7 Å². The van der Waals surface area contributed by atoms with Crippen molar-refractivity contribution in [1.29, 1.82) is 0 Å². The zero-order chi connectivity index (χ0) is 18.2. The summed E-state index contributed by atoms with van der Waals surface area (Å²) in [5.74, 6) is -0.884. The fraction of sp³-hybridized carbons (Fsp3) is 0.222. The van der Waals surface area contributed by atoms with Crippen LogP contribution in [0, 0.1) is 12.1 Å². The molecular formula is C18H15F3N2O2. The van der Waals surface area contributed by atoms with E-state index in [2.05, 4.69) is 0 Å². The van der Waals surface area contributed by atoms with Gasteiger partial charge in [-0.3, -0.25) is 9.69 Å². The Morgan fingerprint density at radius 1 is 1.12 bits per heavy atom. The van der Waals surface area contributed by atoms with Gasteiger partial charge in [-0.2, -0.15) is 17.9 Å². The van der Waals surface area contributed by atoms with Crippen molar-refractivity contribution >= 4 is 17.3 Å². The second-order valence-electron chi connectivity index (χ2n) is 5.82. The highest BCUT2D eigenvalue weighted by Crippen LogP contribution is 2.31. The number of alkyl halides is 3. The molecular weight excluding hydrogens is 333 g/mol. The van der Waals surface area contributed by atoms with Gasteiger partial charge in [-0.05, 0) is 30.7 Å². The Morgan fingerprint density at radius 2 is 1.80 bits per heavy atom. The SMILES string of the molecule is Cc1cccc2c1C(c1ccccc1)=[N+]([O-])CC(=O)N2CC(F)(F)F. The normalized spacial score (nSPS) is 15.2. The lowest BCUT2D eigenvalue weighted by Crippen LogP contribution is -2.41. The molecule has 1 amide bonds. The predicted octanol–water partition coefficient (Wildman–Crippen LogP) is 3.25. The Morgan fingerprint density at radius 3 is 2.44 bits per heavy atom. The topological polar surface area (TPSA) is 46.4 Å². The van der Waals surface area contributed by atoms with Gasteiger partial charge in [-0.15, -0.1) is 0 Å². The van der Waals surface area contributed by atoms with Crippen LogP contribution in [-0.4, -0.2) is 35.6 Å². The van der Waals surface area contributed by atoms with Crippen molar-refractivity contribution in [2.24, 2.45) is 0 Å². The van der Waals surface area contributed by atoms with Gasteiger partial charge in [0.05, 0.1) is 11.3 Å². The molecule has 2 aromatic rings. The molecule has 0 saturated carbocycles. The van der Waals surface area contributed by atoms with Crippen LogP contribution in [0.25, 0.3) is 0 Å². The molecule has 0 aliphatic carbocycles. The molecule has 25 heavy (non-hydrogen) atoms. The number of carbonyl (C=O) groups is 1. The molecule has 0 fully saturated rings. The van der Waals surface area contributed by atoms with Crippen LogP contribution in [0.15, 0.2) is 48.5 Å². The number of rotatable bonds is 2. The van der Waals surface area contributed by atoms with Crippen molar-refractivity contribution in [3.05, 3.63) is 70.4 Å². The van der Waals surface area contributed by atoms with E-state index in [1.54, 1.807) is 49.4 Å². The minimum absolute atomic E-state index is 0.0968. The second-order valence-corrected chi connectivity index (χ2v) is 5.82. The van der Waals surface area contributed by atoms with E-state index in [9.17, 15) is 23.2 Å². The van der Waals surface area contributed by atoms with Crippen LogP contribution in [0.3, 0.4) is 0 Å². The third-order valence-corrected chi connectivity index (χ3v) is 3.99. The van der Waals surface area contributed by atoms with Crippen molar-refractivity contribution in [3.8, 4) is 0 Å². The second kappa shape index (κ2) is 6.23. The lowest BCUT2D eigenvalue weighted by atomic mass is 9.96. The van der Waals surface area contributed by atoms with E-state index >= 15 is 0 Å². The first-order valence-electron chi connectivity index (χ1n) is 7.62. The maximum atomic E-state index is 13.0. The fourth-order valence-corrected chi connectivity index (χ4v) is 2.97. The van der Waals surface area contributed by atoms with Gasteiger partial charge in [0.2, 0.25) is 12.3 Å². The standard InChI is InChI=1S/C18H15F3N2O2/c1-12-6-5-9-14-16(12)17(13-7-3-2-4-8-13)23(25)10-15(24)22(14)11-18(19,20)21/h2-9H,10-11H2,1H3. The lowest BCUT2D eigenvalue weighted by Gasteiger charge is -2.23. The minimum Gasteiger partial charge on any atom is -0.623 e. The van der Waals surface area contributed by atoms with Crippen LogP contribution in [-0.2, 0) is 4.79 Å². The van der Waals surface area contributed by atoms with Gasteiger partial charge in [-0.1, -0.05) is 30.3 Å². The number of nitrogens with zero attached hydrogens (tertiary/aromatic N) is 2. The van der Waals surface area contributed by atoms with Crippen molar-refractivity contribution in [1.82, 2.24) is 0 Å². The fourth-order valence-electron chi connectivity index (χ4n) is 2.97. The summed E-state index contributed by atoms with van der Waals surface area (Å²) in [6, 6.07) is 13.3. The molecule has 0 bridgehead atoms. The molecule has 0 radical (unpaired) electrons. The quantitative estimate of drug-likeness (QED) is 0.618. The average Bonchev–Trinajstić information content (AvgIpc) is 2.64. The van der Waals surface area contributed by atoms with Gasteiger partial charge >= 0.3 is 6.18 Å². The lowest BCUT2D eigenvalue weighted by molar-refractivity contribution is -0.443. The zero-order valence-electron chi connectivity index (χ0n) is 13.4. The first kappa shape index (κ1) is 17.0. The highest BCUT2D eigenvalue weighted by atomic mass is 19.4. The minimum atomic E-state index is -4.57. The van der Waals surface area contributed by atoms with E-state index in [4.69, 9.17) is 0 Å². The molecule has 0 unspecified atom stereocenters. The van der Waals surface area contributed by atoms with Gasteiger partial charge in [0.1, 0.15) is 6.54 Å². The number of hydroxylamine groups is 1. The van der Waals surface area contributed by atoms with Crippen LogP contribution in [0.4, 0.5) is 18.9 Å². The largest absolute Gasteiger partial charge is 0.623 e. The summed E-state index contributed by atoms with van der Waals surface area (Å²) in [7, 11) is 0. The molecule has 0 aromatic heterocycles. The van der Waals surface area contributed by atoms with Crippen molar-refractivity contribution in [3.63, 3.8) is 0 Å². The molecule has 7 heteroatoms. The molecule has 0 saturated heterocycles. The Bertz CT molecular complexity index is 845. The molecule has 3 rings (SSSR count). The van der Waals surface area contributed by atoms with Crippen LogP contribution in [0.1, 0.15) is 16.7 Å². The molecule has 2 aromatic carbocycles. The third-order valence-electron chi connectivity index (χ3n) is 3.99. The van der Waals surface area contributed by atoms with E-state index in [0.29, 0.717) is 26.3 Å². The first-order valence-corrected chi connectivity index (χ1v) is 7.62. The van der Waals surface area contributed by atoms with Crippen molar-refractivity contribution in [2.45, 2.75) is 13.1 Å². The van der Waals surface area contributed by atoms with E-state index in [0.717, 1.165) is 0 Å². The monoisotopic (exact) mass is 348 g/mol. The molecule has 130 valence electrons. The predicted molar refractivity (Wildman–Crippen MR) is 87.7 cm³/mol. The van der Waals surface area contributed by atoms with E-state index < -0.39 is 25.2 Å². The Balaban J connectivity index is 2.26. The number of benzodiazepines with no additional fused rings is 1. The molecule has 1 heterocycles. The van der Waals surface area contributed by atoms with Gasteiger partial charge in [0.15, 0.2) is 0 Å². The molecule has 4 nitrogen and oxygen atoms in total. The molecule has 1 aliphatic heterocycles. The highest BCUT2D eigenvalue weighted by Gasteiger charge is 2.39. The number of carbonyl (C=O) groups excluding carboxylic acids is 1.